The molecule has 1 aromatic carbocycles. The van der Waals surface area contributed by atoms with Crippen LogP contribution in [0, 0.1) is 3.57 Å². The van der Waals surface area contributed by atoms with Crippen molar-refractivity contribution in [2.75, 3.05) is 0 Å². The molecular formula is C11H7BrClIN2S. The second-order valence-corrected chi connectivity index (χ2v) is 6.66. The Kier molecular flexibility index (Phi) is 5.08. The number of halogens is 3. The zero-order valence-corrected chi connectivity index (χ0v) is 13.8. The van der Waals surface area contributed by atoms with Crippen LogP contribution in [0.15, 0.2) is 39.8 Å². The Hall–Kier alpha value is 0.150. The highest BCUT2D eigenvalue weighted by atomic mass is 127. The van der Waals surface area contributed by atoms with Gasteiger partial charge in [0.25, 0.3) is 0 Å². The van der Waals surface area contributed by atoms with Crippen molar-refractivity contribution in [2.45, 2.75) is 10.6 Å². The zero-order valence-electron chi connectivity index (χ0n) is 8.53. The van der Waals surface area contributed by atoms with Gasteiger partial charge in [-0.15, -0.1) is 11.8 Å². The quantitative estimate of drug-likeness (QED) is 0.389. The van der Waals surface area contributed by atoms with Crippen molar-refractivity contribution >= 4 is 61.9 Å². The van der Waals surface area contributed by atoms with Gasteiger partial charge in [-0.2, -0.15) is 0 Å². The van der Waals surface area contributed by atoms with E-state index < -0.39 is 0 Å². The molecule has 2 rings (SSSR count). The zero-order chi connectivity index (χ0) is 12.3. The van der Waals surface area contributed by atoms with Gasteiger partial charge in [0.2, 0.25) is 0 Å². The number of nitrogens with zero attached hydrogens (tertiary/aromatic N) is 2. The molecule has 0 aliphatic heterocycles. The summed E-state index contributed by atoms with van der Waals surface area (Å²) in [5.41, 5.74) is 0. The minimum atomic E-state index is 0.519. The molecule has 0 bridgehead atoms. The number of hydrogen-bond donors (Lipinski definition) is 0. The molecule has 0 atom stereocenters. The number of rotatable bonds is 3. The molecule has 0 radical (unpaired) electrons. The fourth-order valence-electron chi connectivity index (χ4n) is 1.15. The minimum absolute atomic E-state index is 0.519. The second kappa shape index (κ2) is 6.36. The van der Waals surface area contributed by atoms with Gasteiger partial charge in [-0.1, -0.05) is 33.6 Å². The molecule has 0 aliphatic rings. The molecule has 0 N–H and O–H groups in total. The van der Waals surface area contributed by atoms with Crippen LogP contribution >= 0.6 is 61.9 Å². The Morgan fingerprint density at radius 2 is 2.24 bits per heavy atom. The Morgan fingerprint density at radius 3 is 2.94 bits per heavy atom. The first-order valence-electron chi connectivity index (χ1n) is 4.70. The van der Waals surface area contributed by atoms with Crippen LogP contribution in [-0.4, -0.2) is 9.97 Å². The molecule has 0 fully saturated rings. The van der Waals surface area contributed by atoms with Crippen LogP contribution < -0.4 is 0 Å². The average molecular weight is 442 g/mol. The van der Waals surface area contributed by atoms with Crippen molar-refractivity contribution < 1.29 is 0 Å². The van der Waals surface area contributed by atoms with Gasteiger partial charge >= 0.3 is 0 Å². The largest absolute Gasteiger partial charge is 0.239 e. The Labute approximate surface area is 131 Å². The van der Waals surface area contributed by atoms with Crippen molar-refractivity contribution in [2.24, 2.45) is 0 Å². The molecule has 0 amide bonds. The second-order valence-electron chi connectivity index (χ2n) is 3.17. The topological polar surface area (TPSA) is 25.8 Å². The standard InChI is InChI=1S/C11H7BrClIN2S/c12-7-2-1-3-8(4-7)17-6-10-15-5-9(14)11(13)16-10/h1-5H,6H2. The summed E-state index contributed by atoms with van der Waals surface area (Å²) in [6.45, 7) is 0. The van der Waals surface area contributed by atoms with Crippen molar-refractivity contribution in [3.8, 4) is 0 Å². The molecule has 0 aliphatic carbocycles. The van der Waals surface area contributed by atoms with E-state index in [1.54, 1.807) is 18.0 Å². The first-order chi connectivity index (χ1) is 8.15. The number of thioether (sulfide) groups is 1. The van der Waals surface area contributed by atoms with Gasteiger partial charge in [0, 0.05) is 15.6 Å². The Balaban J connectivity index is 2.05. The highest BCUT2D eigenvalue weighted by Crippen LogP contribution is 2.25. The fourth-order valence-corrected chi connectivity index (χ4v) is 2.93. The molecule has 0 unspecified atom stereocenters. The summed E-state index contributed by atoms with van der Waals surface area (Å²) in [6, 6.07) is 8.14. The molecule has 88 valence electrons. The molecule has 0 spiro atoms. The van der Waals surface area contributed by atoms with Crippen LogP contribution in [0.2, 0.25) is 5.15 Å². The summed E-state index contributed by atoms with van der Waals surface area (Å²) in [7, 11) is 0. The van der Waals surface area contributed by atoms with Crippen molar-refractivity contribution in [3.63, 3.8) is 0 Å². The summed E-state index contributed by atoms with van der Waals surface area (Å²) in [4.78, 5) is 9.64. The van der Waals surface area contributed by atoms with Crippen LogP contribution in [0.25, 0.3) is 0 Å². The molecule has 2 nitrogen and oxygen atoms in total. The first-order valence-corrected chi connectivity index (χ1v) is 7.94. The first kappa shape index (κ1) is 13.6. The lowest BCUT2D eigenvalue weighted by Gasteiger charge is -2.02. The molecule has 0 saturated carbocycles. The predicted octanol–water partition coefficient (Wildman–Crippen LogP) is 4.79. The molecular weight excluding hydrogens is 434 g/mol. The summed E-state index contributed by atoms with van der Waals surface area (Å²) in [5, 5.41) is 0.519. The highest BCUT2D eigenvalue weighted by molar-refractivity contribution is 14.1. The Bertz CT molecular complexity index is 539. The maximum Gasteiger partial charge on any atom is 0.146 e. The van der Waals surface area contributed by atoms with Crippen LogP contribution in [-0.2, 0) is 5.75 Å². The average Bonchev–Trinajstić information content (AvgIpc) is 2.31. The van der Waals surface area contributed by atoms with Crippen LogP contribution in [0.5, 0.6) is 0 Å². The number of aromatic nitrogens is 2. The molecule has 6 heteroatoms. The summed E-state index contributed by atoms with van der Waals surface area (Å²) in [6.07, 6.45) is 1.74. The monoisotopic (exact) mass is 440 g/mol. The normalized spacial score (nSPS) is 10.5. The maximum atomic E-state index is 5.95. The van der Waals surface area contributed by atoms with Gasteiger partial charge in [0.05, 0.1) is 9.32 Å². The molecule has 17 heavy (non-hydrogen) atoms. The molecule has 0 saturated heterocycles. The van der Waals surface area contributed by atoms with E-state index in [4.69, 9.17) is 11.6 Å². The maximum absolute atomic E-state index is 5.95. The summed E-state index contributed by atoms with van der Waals surface area (Å²) >= 11 is 13.2. The lowest BCUT2D eigenvalue weighted by molar-refractivity contribution is 1.02. The van der Waals surface area contributed by atoms with Crippen LogP contribution in [0.3, 0.4) is 0 Å². The van der Waals surface area contributed by atoms with Gasteiger partial charge < -0.3 is 0 Å². The van der Waals surface area contributed by atoms with Crippen molar-refractivity contribution in [1.82, 2.24) is 9.97 Å². The van der Waals surface area contributed by atoms with E-state index in [1.165, 1.54) is 4.90 Å². The highest BCUT2D eigenvalue weighted by Gasteiger charge is 2.03. The van der Waals surface area contributed by atoms with E-state index in [0.717, 1.165) is 13.9 Å². The van der Waals surface area contributed by atoms with Crippen LogP contribution in [0.1, 0.15) is 5.82 Å². The van der Waals surface area contributed by atoms with Gasteiger partial charge in [0.15, 0.2) is 0 Å². The van der Waals surface area contributed by atoms with Gasteiger partial charge in [-0.3, -0.25) is 0 Å². The van der Waals surface area contributed by atoms with E-state index in [9.17, 15) is 0 Å². The lowest BCUT2D eigenvalue weighted by atomic mass is 10.4. The minimum Gasteiger partial charge on any atom is -0.239 e. The van der Waals surface area contributed by atoms with E-state index in [2.05, 4.69) is 60.6 Å². The molecule has 1 aromatic heterocycles. The summed E-state index contributed by atoms with van der Waals surface area (Å²) < 4.78 is 1.95. The van der Waals surface area contributed by atoms with Crippen molar-refractivity contribution in [1.29, 1.82) is 0 Å². The smallest absolute Gasteiger partial charge is 0.146 e. The summed E-state index contributed by atoms with van der Waals surface area (Å²) in [5.74, 6) is 1.47. The van der Waals surface area contributed by atoms with Gasteiger partial charge in [0.1, 0.15) is 11.0 Å². The number of hydrogen-bond acceptors (Lipinski definition) is 3. The van der Waals surface area contributed by atoms with Crippen LogP contribution in [0.4, 0.5) is 0 Å². The molecule has 2 aromatic rings. The lowest BCUT2D eigenvalue weighted by Crippen LogP contribution is -1.94. The van der Waals surface area contributed by atoms with E-state index in [1.807, 2.05) is 12.1 Å². The third kappa shape index (κ3) is 4.08. The number of benzene rings is 1. The third-order valence-electron chi connectivity index (χ3n) is 1.92. The fraction of sp³-hybridized carbons (Fsp3) is 0.0909. The van der Waals surface area contributed by atoms with Gasteiger partial charge in [-0.25, -0.2) is 9.97 Å². The SMILES string of the molecule is Clc1nc(CSc2cccc(Br)c2)ncc1I. The third-order valence-corrected chi connectivity index (χ3v) is 4.79. The molecule has 1 heterocycles. The Morgan fingerprint density at radius 1 is 1.41 bits per heavy atom. The van der Waals surface area contributed by atoms with E-state index >= 15 is 0 Å². The van der Waals surface area contributed by atoms with E-state index in [-0.39, 0.29) is 0 Å². The van der Waals surface area contributed by atoms with E-state index in [0.29, 0.717) is 10.9 Å². The van der Waals surface area contributed by atoms with Gasteiger partial charge in [-0.05, 0) is 40.8 Å². The van der Waals surface area contributed by atoms with Crippen molar-refractivity contribution in [3.05, 3.63) is 49.5 Å². The predicted molar refractivity (Wildman–Crippen MR) is 83.5 cm³/mol.